The third-order valence-corrected chi connectivity index (χ3v) is 2.64. The van der Waals surface area contributed by atoms with Crippen LogP contribution in [0, 0.1) is 5.82 Å². The zero-order chi connectivity index (χ0) is 15.4. The van der Waals surface area contributed by atoms with Crippen LogP contribution in [0.2, 0.25) is 0 Å². The quantitative estimate of drug-likeness (QED) is 0.496. The number of benzene rings is 1. The first-order valence-corrected chi connectivity index (χ1v) is 5.82. The van der Waals surface area contributed by atoms with Crippen molar-refractivity contribution in [2.45, 2.75) is 6.42 Å². The second kappa shape index (κ2) is 6.00. The molecular weight excluding hydrogens is 281 g/mol. The molecule has 108 valence electrons. The predicted molar refractivity (Wildman–Crippen MR) is 69.0 cm³/mol. The summed E-state index contributed by atoms with van der Waals surface area (Å²) in [5.74, 6) is -3.72. The Balaban J connectivity index is 2.24. The van der Waals surface area contributed by atoms with Crippen LogP contribution in [-0.2, 0) is 16.0 Å². The van der Waals surface area contributed by atoms with Crippen molar-refractivity contribution < 1.29 is 28.6 Å². The van der Waals surface area contributed by atoms with Gasteiger partial charge >= 0.3 is 5.97 Å². The molecule has 0 aliphatic carbocycles. The molecular formula is C14H10FNO5. The number of carbonyl (C=O) groups excluding carboxylic acids is 1. The molecule has 1 aromatic heterocycles. The van der Waals surface area contributed by atoms with Crippen LogP contribution in [0.4, 0.5) is 4.39 Å². The molecule has 6 nitrogen and oxygen atoms in total. The average Bonchev–Trinajstić information content (AvgIpc) is 2.89. The van der Waals surface area contributed by atoms with E-state index in [0.29, 0.717) is 11.6 Å². The number of carbonyl (C=O) groups is 2. The molecule has 21 heavy (non-hydrogen) atoms. The van der Waals surface area contributed by atoms with E-state index >= 15 is 0 Å². The SMILES string of the molecule is O=C(O)C(=O)C=C(O)c1ncoc1Cc1ccc(F)cc1. The third-order valence-electron chi connectivity index (χ3n) is 2.64. The number of oxazole rings is 1. The van der Waals surface area contributed by atoms with Crippen LogP contribution in [0.1, 0.15) is 17.0 Å². The molecule has 0 saturated carbocycles. The number of aliphatic carboxylic acids is 1. The Labute approximate surface area is 118 Å². The molecule has 7 heteroatoms. The molecule has 0 unspecified atom stereocenters. The highest BCUT2D eigenvalue weighted by Crippen LogP contribution is 2.19. The van der Waals surface area contributed by atoms with Crippen LogP contribution in [0.3, 0.4) is 0 Å². The molecule has 0 aliphatic rings. The lowest BCUT2D eigenvalue weighted by molar-refractivity contribution is -0.146. The van der Waals surface area contributed by atoms with Crippen molar-refractivity contribution in [3.05, 3.63) is 59.6 Å². The first-order chi connectivity index (χ1) is 9.97. The summed E-state index contributed by atoms with van der Waals surface area (Å²) in [5.41, 5.74) is 0.667. The van der Waals surface area contributed by atoms with E-state index in [2.05, 4.69) is 4.98 Å². The number of hydrogen-bond acceptors (Lipinski definition) is 5. The largest absolute Gasteiger partial charge is 0.505 e. The molecule has 0 bridgehead atoms. The number of carboxylic acid groups (broad SMARTS) is 1. The second-order valence-corrected chi connectivity index (χ2v) is 4.13. The Bertz CT molecular complexity index is 702. The number of hydrogen-bond donors (Lipinski definition) is 2. The highest BCUT2D eigenvalue weighted by molar-refractivity contribution is 6.38. The van der Waals surface area contributed by atoms with E-state index < -0.39 is 17.5 Å². The molecule has 0 radical (unpaired) electrons. The van der Waals surface area contributed by atoms with Gasteiger partial charge in [0.25, 0.3) is 5.78 Å². The number of aromatic nitrogens is 1. The summed E-state index contributed by atoms with van der Waals surface area (Å²) in [6.45, 7) is 0. The standard InChI is InChI=1S/C14H10FNO5/c15-9-3-1-8(2-4-9)5-12-13(16-7-21-12)10(17)6-11(18)14(19)20/h1-4,6-7,17H,5H2,(H,19,20). The Kier molecular flexibility index (Phi) is 4.13. The van der Waals surface area contributed by atoms with Crippen LogP contribution in [0.5, 0.6) is 0 Å². The number of ketones is 1. The lowest BCUT2D eigenvalue weighted by atomic mass is 10.1. The van der Waals surface area contributed by atoms with Gasteiger partial charge in [-0.05, 0) is 17.7 Å². The summed E-state index contributed by atoms with van der Waals surface area (Å²) >= 11 is 0. The lowest BCUT2D eigenvalue weighted by Gasteiger charge is -2.01. The van der Waals surface area contributed by atoms with Gasteiger partial charge in [-0.1, -0.05) is 12.1 Å². The molecule has 0 saturated heterocycles. The van der Waals surface area contributed by atoms with Crippen LogP contribution < -0.4 is 0 Å². The summed E-state index contributed by atoms with van der Waals surface area (Å²) < 4.78 is 17.9. The van der Waals surface area contributed by atoms with Gasteiger partial charge in [-0.2, -0.15) is 0 Å². The van der Waals surface area contributed by atoms with E-state index in [1.165, 1.54) is 24.3 Å². The van der Waals surface area contributed by atoms with Crippen molar-refractivity contribution in [3.8, 4) is 0 Å². The molecule has 0 spiro atoms. The molecule has 1 heterocycles. The fourth-order valence-corrected chi connectivity index (χ4v) is 1.65. The van der Waals surface area contributed by atoms with E-state index in [1.54, 1.807) is 0 Å². The number of halogens is 1. The van der Waals surface area contributed by atoms with Gasteiger partial charge in [0.05, 0.1) is 0 Å². The topological polar surface area (TPSA) is 101 Å². The molecule has 1 aromatic carbocycles. The highest BCUT2D eigenvalue weighted by atomic mass is 19.1. The van der Waals surface area contributed by atoms with Crippen LogP contribution in [0.25, 0.3) is 5.76 Å². The number of carboxylic acids is 1. The molecule has 0 fully saturated rings. The van der Waals surface area contributed by atoms with E-state index in [-0.39, 0.29) is 23.7 Å². The van der Waals surface area contributed by atoms with Gasteiger partial charge in [0.1, 0.15) is 23.0 Å². The highest BCUT2D eigenvalue weighted by Gasteiger charge is 2.16. The molecule has 2 N–H and O–H groups in total. The Hall–Kier alpha value is -2.96. The monoisotopic (exact) mass is 291 g/mol. The van der Waals surface area contributed by atoms with Crippen LogP contribution in [0.15, 0.2) is 41.2 Å². The van der Waals surface area contributed by atoms with E-state index in [9.17, 15) is 19.1 Å². The zero-order valence-electron chi connectivity index (χ0n) is 10.6. The maximum Gasteiger partial charge on any atom is 0.376 e. The minimum absolute atomic E-state index is 0.0334. The molecule has 2 aromatic rings. The minimum Gasteiger partial charge on any atom is -0.505 e. The molecule has 0 aliphatic heterocycles. The van der Waals surface area contributed by atoms with Gasteiger partial charge in [-0.3, -0.25) is 4.79 Å². The Morgan fingerprint density at radius 3 is 2.52 bits per heavy atom. The maximum atomic E-state index is 12.8. The lowest BCUT2D eigenvalue weighted by Crippen LogP contribution is -2.09. The summed E-state index contributed by atoms with van der Waals surface area (Å²) in [5, 5.41) is 18.2. The first-order valence-electron chi connectivity index (χ1n) is 5.82. The number of rotatable bonds is 5. The number of aliphatic hydroxyl groups is 1. The summed E-state index contributed by atoms with van der Waals surface area (Å²) in [7, 11) is 0. The zero-order valence-corrected chi connectivity index (χ0v) is 10.6. The fourth-order valence-electron chi connectivity index (χ4n) is 1.65. The summed E-state index contributed by atoms with van der Waals surface area (Å²) in [6.07, 6.45) is 1.81. The number of aliphatic hydroxyl groups excluding tert-OH is 1. The molecule has 2 rings (SSSR count). The Morgan fingerprint density at radius 2 is 1.90 bits per heavy atom. The smallest absolute Gasteiger partial charge is 0.376 e. The van der Waals surface area contributed by atoms with Crippen molar-refractivity contribution in [1.82, 2.24) is 4.98 Å². The van der Waals surface area contributed by atoms with Crippen LogP contribution >= 0.6 is 0 Å². The van der Waals surface area contributed by atoms with Crippen LogP contribution in [-0.4, -0.2) is 26.9 Å². The van der Waals surface area contributed by atoms with Crippen molar-refractivity contribution in [2.75, 3.05) is 0 Å². The fraction of sp³-hybridized carbons (Fsp3) is 0.0714. The van der Waals surface area contributed by atoms with Gasteiger partial charge in [0.15, 0.2) is 6.39 Å². The van der Waals surface area contributed by atoms with Gasteiger partial charge in [0, 0.05) is 12.5 Å². The normalized spacial score (nSPS) is 11.4. The summed E-state index contributed by atoms with van der Waals surface area (Å²) in [6, 6.07) is 5.61. The number of nitrogens with zero attached hydrogens (tertiary/aromatic N) is 1. The maximum absolute atomic E-state index is 12.8. The first kappa shape index (κ1) is 14.4. The van der Waals surface area contributed by atoms with E-state index in [1.807, 2.05) is 0 Å². The van der Waals surface area contributed by atoms with E-state index in [4.69, 9.17) is 9.52 Å². The Morgan fingerprint density at radius 1 is 1.24 bits per heavy atom. The third kappa shape index (κ3) is 3.53. The average molecular weight is 291 g/mol. The van der Waals surface area contributed by atoms with Gasteiger partial charge in [-0.25, -0.2) is 14.2 Å². The van der Waals surface area contributed by atoms with Crippen molar-refractivity contribution >= 4 is 17.5 Å². The van der Waals surface area contributed by atoms with E-state index in [0.717, 1.165) is 6.39 Å². The van der Waals surface area contributed by atoms with Gasteiger partial charge < -0.3 is 14.6 Å². The molecule has 0 atom stereocenters. The van der Waals surface area contributed by atoms with Gasteiger partial charge in [0.2, 0.25) is 0 Å². The van der Waals surface area contributed by atoms with Crippen molar-refractivity contribution in [2.24, 2.45) is 0 Å². The van der Waals surface area contributed by atoms with Crippen molar-refractivity contribution in [3.63, 3.8) is 0 Å². The minimum atomic E-state index is -1.69. The van der Waals surface area contributed by atoms with Crippen molar-refractivity contribution in [1.29, 1.82) is 0 Å². The van der Waals surface area contributed by atoms with Gasteiger partial charge in [-0.15, -0.1) is 0 Å². The predicted octanol–water partition coefficient (Wildman–Crippen LogP) is 1.96. The molecule has 0 amide bonds. The second-order valence-electron chi connectivity index (χ2n) is 4.13. The summed E-state index contributed by atoms with van der Waals surface area (Å²) in [4.78, 5) is 25.2.